The number of hydrogen-bond acceptors (Lipinski definition) is 7. The van der Waals surface area contributed by atoms with E-state index >= 15 is 0 Å². The molecule has 0 aromatic heterocycles. The zero-order chi connectivity index (χ0) is 27.1. The second-order valence-electron chi connectivity index (χ2n) is 8.80. The van der Waals surface area contributed by atoms with Crippen molar-refractivity contribution in [1.29, 1.82) is 0 Å². The molecule has 0 unspecified atom stereocenters. The van der Waals surface area contributed by atoms with E-state index in [4.69, 9.17) is 0 Å². The minimum absolute atomic E-state index is 0.00433. The number of hydrogen-bond donors (Lipinski definition) is 2. The van der Waals surface area contributed by atoms with Gasteiger partial charge in [-0.15, -0.1) is 13.2 Å². The third-order valence-electron chi connectivity index (χ3n) is 5.75. The maximum atomic E-state index is 12.6. The van der Waals surface area contributed by atoms with Crippen LogP contribution in [0.4, 0.5) is 13.2 Å². The number of nitrogens with zero attached hydrogens (tertiary/aromatic N) is 2. The minimum Gasteiger partial charge on any atom is -0.406 e. The number of sulfone groups is 1. The summed E-state index contributed by atoms with van der Waals surface area (Å²) in [4.78, 5) is 18.4. The van der Waals surface area contributed by atoms with Crippen molar-refractivity contribution >= 4 is 21.6 Å². The zero-order valence-corrected chi connectivity index (χ0v) is 21.6. The molecule has 1 aliphatic rings. The summed E-state index contributed by atoms with van der Waals surface area (Å²) in [6.07, 6.45) is -3.33. The van der Waals surface area contributed by atoms with Crippen molar-refractivity contribution in [3.63, 3.8) is 0 Å². The number of nitrogens with one attached hydrogen (secondary N) is 2. The highest BCUT2D eigenvalue weighted by atomic mass is 32.2. The van der Waals surface area contributed by atoms with Crippen LogP contribution in [0.1, 0.15) is 36.0 Å². The van der Waals surface area contributed by atoms with Crippen LogP contribution in [0.2, 0.25) is 0 Å². The normalized spacial score (nSPS) is 13.7. The first kappa shape index (κ1) is 28.5. The Balaban J connectivity index is 1.36. The van der Waals surface area contributed by atoms with Gasteiger partial charge in [0.25, 0.3) is 0 Å². The van der Waals surface area contributed by atoms with Crippen molar-refractivity contribution in [2.75, 3.05) is 32.6 Å². The van der Waals surface area contributed by atoms with Gasteiger partial charge >= 0.3 is 6.36 Å². The summed E-state index contributed by atoms with van der Waals surface area (Å²) >= 11 is 0. The van der Waals surface area contributed by atoms with Crippen molar-refractivity contribution in [3.05, 3.63) is 59.2 Å². The Morgan fingerprint density at radius 1 is 1.16 bits per heavy atom. The van der Waals surface area contributed by atoms with Crippen LogP contribution in [0.3, 0.4) is 0 Å². The van der Waals surface area contributed by atoms with Crippen molar-refractivity contribution in [1.82, 2.24) is 15.5 Å². The van der Waals surface area contributed by atoms with Gasteiger partial charge in [-0.05, 0) is 55.6 Å². The van der Waals surface area contributed by atoms with Crippen LogP contribution in [0.25, 0.3) is 0 Å². The Morgan fingerprint density at radius 3 is 2.51 bits per heavy atom. The van der Waals surface area contributed by atoms with Gasteiger partial charge in [-0.2, -0.15) is 0 Å². The molecule has 0 atom stereocenters. The van der Waals surface area contributed by atoms with Crippen LogP contribution in [0.5, 0.6) is 5.75 Å². The molecule has 0 spiro atoms. The zero-order valence-electron chi connectivity index (χ0n) is 20.8. The van der Waals surface area contributed by atoms with Gasteiger partial charge in [0.1, 0.15) is 17.5 Å². The third-order valence-corrected chi connectivity index (χ3v) is 7.46. The SMILES string of the molecule is Cc1cc(OC(F)(F)F)ccc1S(=O)(=O)CNCCCCC(=O)N(C)Cc1ccc(C2=NCCN2)cc1. The number of carbonyl (C=O) groups excluding carboxylic acids is 1. The Hall–Kier alpha value is -3.12. The molecule has 2 aromatic rings. The molecule has 12 heteroatoms. The molecular weight excluding hydrogens is 509 g/mol. The molecule has 0 bridgehead atoms. The summed E-state index contributed by atoms with van der Waals surface area (Å²) in [5, 5.41) is 6.06. The number of ether oxygens (including phenoxy) is 1. The molecule has 3 rings (SSSR count). The second-order valence-corrected chi connectivity index (χ2v) is 10.8. The number of benzene rings is 2. The van der Waals surface area contributed by atoms with E-state index in [2.05, 4.69) is 20.4 Å². The predicted octanol–water partition coefficient (Wildman–Crippen LogP) is 3.39. The first-order valence-electron chi connectivity index (χ1n) is 11.9. The second kappa shape index (κ2) is 12.4. The molecule has 202 valence electrons. The maximum Gasteiger partial charge on any atom is 0.573 e. The molecule has 0 aliphatic carbocycles. The topological polar surface area (TPSA) is 100 Å². The highest BCUT2D eigenvalue weighted by molar-refractivity contribution is 7.91. The number of amides is 1. The number of unbranched alkanes of at least 4 members (excludes halogenated alkanes) is 1. The lowest BCUT2D eigenvalue weighted by Gasteiger charge is -2.17. The first-order valence-corrected chi connectivity index (χ1v) is 13.5. The van der Waals surface area contributed by atoms with Crippen molar-refractivity contribution in [2.45, 2.75) is 44.0 Å². The van der Waals surface area contributed by atoms with Gasteiger partial charge in [-0.3, -0.25) is 9.79 Å². The van der Waals surface area contributed by atoms with Crippen LogP contribution in [0, 0.1) is 6.92 Å². The monoisotopic (exact) mass is 540 g/mol. The van der Waals surface area contributed by atoms with Gasteiger partial charge in [0.15, 0.2) is 9.84 Å². The van der Waals surface area contributed by atoms with E-state index in [9.17, 15) is 26.4 Å². The largest absolute Gasteiger partial charge is 0.573 e. The summed E-state index contributed by atoms with van der Waals surface area (Å²) in [5.74, 6) is 0.0511. The van der Waals surface area contributed by atoms with Gasteiger partial charge in [-0.1, -0.05) is 24.3 Å². The number of amidine groups is 1. The number of rotatable bonds is 12. The smallest absolute Gasteiger partial charge is 0.406 e. The van der Waals surface area contributed by atoms with Gasteiger partial charge < -0.3 is 20.3 Å². The number of aryl methyl sites for hydroxylation is 1. The molecule has 2 aromatic carbocycles. The lowest BCUT2D eigenvalue weighted by atomic mass is 10.1. The quantitative estimate of drug-likeness (QED) is 0.401. The third kappa shape index (κ3) is 8.74. The van der Waals surface area contributed by atoms with E-state index in [1.165, 1.54) is 6.92 Å². The van der Waals surface area contributed by atoms with E-state index in [-0.39, 0.29) is 22.2 Å². The highest BCUT2D eigenvalue weighted by Gasteiger charge is 2.31. The standard InChI is InChI=1S/C25H31F3N4O4S/c1-18-15-21(36-25(26,27)28)10-11-22(18)37(34,35)17-29-12-4-3-5-23(33)32(2)16-19-6-8-20(9-7-19)24-30-13-14-31-24/h6-11,15,29H,3-5,12-14,16-17H2,1-2H3,(H,30,31). The van der Waals surface area contributed by atoms with Crippen molar-refractivity contribution < 1.29 is 31.1 Å². The molecule has 0 saturated heterocycles. The average molecular weight is 541 g/mol. The molecule has 37 heavy (non-hydrogen) atoms. The molecule has 0 saturated carbocycles. The number of aliphatic imine (C=N–C) groups is 1. The molecule has 8 nitrogen and oxygen atoms in total. The first-order chi connectivity index (χ1) is 17.4. The molecule has 0 radical (unpaired) electrons. The van der Waals surface area contributed by atoms with Crippen LogP contribution in [-0.2, 0) is 21.2 Å². The van der Waals surface area contributed by atoms with Crippen LogP contribution in [-0.4, -0.2) is 64.0 Å². The Labute approximate surface area is 214 Å². The van der Waals surface area contributed by atoms with Gasteiger partial charge in [0.2, 0.25) is 5.91 Å². The molecule has 0 fully saturated rings. The fourth-order valence-electron chi connectivity index (χ4n) is 3.89. The summed E-state index contributed by atoms with van der Waals surface area (Å²) in [6.45, 7) is 3.90. The summed E-state index contributed by atoms with van der Waals surface area (Å²) in [7, 11) is -2.00. The summed E-state index contributed by atoms with van der Waals surface area (Å²) in [5.41, 5.74) is 2.20. The molecular formula is C25H31F3N4O4S. The van der Waals surface area contributed by atoms with Gasteiger partial charge in [-0.25, -0.2) is 8.42 Å². The fourth-order valence-corrected chi connectivity index (χ4v) is 5.28. The van der Waals surface area contributed by atoms with E-state index in [1.807, 2.05) is 24.3 Å². The predicted molar refractivity (Wildman–Crippen MR) is 134 cm³/mol. The summed E-state index contributed by atoms with van der Waals surface area (Å²) in [6, 6.07) is 11.0. The Morgan fingerprint density at radius 2 is 1.89 bits per heavy atom. The Kier molecular flexibility index (Phi) is 9.55. The van der Waals surface area contributed by atoms with Crippen LogP contribution >= 0.6 is 0 Å². The van der Waals surface area contributed by atoms with Crippen LogP contribution in [0.15, 0.2) is 52.4 Å². The van der Waals surface area contributed by atoms with E-state index in [1.54, 1.807) is 11.9 Å². The van der Waals surface area contributed by atoms with Crippen molar-refractivity contribution in [3.8, 4) is 5.75 Å². The molecule has 1 heterocycles. The maximum absolute atomic E-state index is 12.6. The van der Waals surface area contributed by atoms with E-state index in [0.717, 1.165) is 48.3 Å². The van der Waals surface area contributed by atoms with Gasteiger partial charge in [0, 0.05) is 32.1 Å². The lowest BCUT2D eigenvalue weighted by molar-refractivity contribution is -0.274. The van der Waals surface area contributed by atoms with Crippen LogP contribution < -0.4 is 15.4 Å². The van der Waals surface area contributed by atoms with Gasteiger partial charge in [0.05, 0.1) is 11.4 Å². The fraction of sp³-hybridized carbons (Fsp3) is 0.440. The number of alkyl halides is 3. The highest BCUT2D eigenvalue weighted by Crippen LogP contribution is 2.27. The molecule has 1 aliphatic heterocycles. The molecule has 2 N–H and O–H groups in total. The lowest BCUT2D eigenvalue weighted by Crippen LogP contribution is -2.27. The number of halogens is 3. The average Bonchev–Trinajstić information content (AvgIpc) is 3.35. The van der Waals surface area contributed by atoms with E-state index in [0.29, 0.717) is 32.4 Å². The number of carbonyl (C=O) groups is 1. The Bertz CT molecular complexity index is 1220. The van der Waals surface area contributed by atoms with E-state index < -0.39 is 21.9 Å². The van der Waals surface area contributed by atoms with Crippen molar-refractivity contribution in [2.24, 2.45) is 4.99 Å². The molecule has 1 amide bonds. The minimum atomic E-state index is -4.85. The summed E-state index contributed by atoms with van der Waals surface area (Å²) < 4.78 is 66.0.